The van der Waals surface area contributed by atoms with Gasteiger partial charge in [-0.15, -0.1) is 0 Å². The lowest BCUT2D eigenvalue weighted by Gasteiger charge is -2.20. The van der Waals surface area contributed by atoms with Crippen LogP contribution < -0.4 is 0 Å². The van der Waals surface area contributed by atoms with Crippen LogP contribution >= 0.6 is 0 Å². The first-order valence-electron chi connectivity index (χ1n) is 11.9. The van der Waals surface area contributed by atoms with Gasteiger partial charge in [0.05, 0.1) is 18.3 Å². The number of esters is 1. The van der Waals surface area contributed by atoms with Crippen molar-refractivity contribution in [3.05, 3.63) is 59.7 Å². The molecule has 1 fully saturated rings. The van der Waals surface area contributed by atoms with E-state index in [9.17, 15) is 19.4 Å². The summed E-state index contributed by atoms with van der Waals surface area (Å²) < 4.78 is 19.7. The van der Waals surface area contributed by atoms with Crippen molar-refractivity contribution in [3.8, 4) is 0 Å². The Morgan fingerprint density at radius 1 is 1.22 bits per heavy atom. The van der Waals surface area contributed by atoms with Crippen LogP contribution in [0.2, 0.25) is 0 Å². The standard InChI is InChI=1S/C27H37FO4/c1-18(2)32-27(31)12-6-4-3-5-11-23-22(24(28)17-26(23)30)13-14-25(29)21-15-19-9-7-8-10-20(19)16-21/h3,5,7-10,13-14,18,21-26,29-30H,4,6,11-12,15-17H2,1-2H3/b5-3-,14-13+/t22-,23?,24+,25+,26?/m1/s1. The fourth-order valence-corrected chi connectivity index (χ4v) is 4.96. The third-order valence-corrected chi connectivity index (χ3v) is 6.66. The molecule has 5 heteroatoms. The van der Waals surface area contributed by atoms with Crippen molar-refractivity contribution in [2.75, 3.05) is 0 Å². The summed E-state index contributed by atoms with van der Waals surface area (Å²) in [6, 6.07) is 8.25. The van der Waals surface area contributed by atoms with Crippen molar-refractivity contribution in [1.29, 1.82) is 0 Å². The molecule has 3 rings (SSSR count). The minimum Gasteiger partial charge on any atom is -0.463 e. The van der Waals surface area contributed by atoms with Crippen molar-refractivity contribution in [3.63, 3.8) is 0 Å². The van der Waals surface area contributed by atoms with Crippen molar-refractivity contribution < 1.29 is 24.1 Å². The SMILES string of the molecule is CC(C)OC(=O)CCC/C=C\CC1C(O)C[C@H](F)[C@@H]1/C=C/[C@H](O)C1Cc2ccccc2C1. The predicted octanol–water partition coefficient (Wildman–Crippen LogP) is 4.72. The second kappa shape index (κ2) is 11.8. The van der Waals surface area contributed by atoms with Gasteiger partial charge in [0.1, 0.15) is 6.17 Å². The van der Waals surface area contributed by atoms with Gasteiger partial charge >= 0.3 is 5.97 Å². The molecule has 0 aromatic heterocycles. The van der Waals surface area contributed by atoms with Crippen LogP contribution in [0.15, 0.2) is 48.6 Å². The molecule has 0 radical (unpaired) electrons. The number of alkyl halides is 1. The number of ether oxygens (including phenoxy) is 1. The van der Waals surface area contributed by atoms with E-state index in [0.29, 0.717) is 19.3 Å². The summed E-state index contributed by atoms with van der Waals surface area (Å²) >= 11 is 0. The van der Waals surface area contributed by atoms with E-state index in [2.05, 4.69) is 12.1 Å². The lowest BCUT2D eigenvalue weighted by molar-refractivity contribution is -0.147. The number of carbonyl (C=O) groups is 1. The molecule has 0 amide bonds. The monoisotopic (exact) mass is 444 g/mol. The second-order valence-corrected chi connectivity index (χ2v) is 9.51. The number of benzene rings is 1. The number of aliphatic hydroxyl groups is 2. The molecule has 176 valence electrons. The van der Waals surface area contributed by atoms with Crippen molar-refractivity contribution in [1.82, 2.24) is 0 Å². The largest absolute Gasteiger partial charge is 0.463 e. The molecule has 0 aliphatic heterocycles. The fourth-order valence-electron chi connectivity index (χ4n) is 4.96. The molecular formula is C27H37FO4. The number of halogens is 1. The van der Waals surface area contributed by atoms with E-state index in [1.54, 1.807) is 12.2 Å². The summed E-state index contributed by atoms with van der Waals surface area (Å²) in [4.78, 5) is 11.6. The van der Waals surface area contributed by atoms with Gasteiger partial charge in [-0.05, 0) is 68.9 Å². The molecule has 32 heavy (non-hydrogen) atoms. The lowest BCUT2D eigenvalue weighted by atomic mass is 9.89. The number of carbonyl (C=O) groups excluding carboxylic acids is 1. The Hall–Kier alpha value is -1.98. The third kappa shape index (κ3) is 6.76. The molecule has 0 bridgehead atoms. The zero-order chi connectivity index (χ0) is 23.1. The van der Waals surface area contributed by atoms with E-state index in [1.807, 2.05) is 38.1 Å². The molecule has 2 unspecified atom stereocenters. The number of rotatable bonds is 10. The maximum absolute atomic E-state index is 14.6. The Morgan fingerprint density at radius 2 is 1.91 bits per heavy atom. The molecule has 0 heterocycles. The number of hydrogen-bond donors (Lipinski definition) is 2. The van der Waals surface area contributed by atoms with Gasteiger partial charge in [0.2, 0.25) is 0 Å². The van der Waals surface area contributed by atoms with Gasteiger partial charge in [-0.1, -0.05) is 48.6 Å². The van der Waals surface area contributed by atoms with E-state index in [1.165, 1.54) is 11.1 Å². The number of fused-ring (bicyclic) bond motifs is 1. The maximum atomic E-state index is 14.6. The summed E-state index contributed by atoms with van der Waals surface area (Å²) in [6.45, 7) is 3.67. The van der Waals surface area contributed by atoms with Gasteiger partial charge in [-0.3, -0.25) is 4.79 Å². The molecule has 5 atom stereocenters. The normalized spacial score (nSPS) is 26.9. The first-order chi connectivity index (χ1) is 15.3. The van der Waals surface area contributed by atoms with E-state index < -0.39 is 24.3 Å². The van der Waals surface area contributed by atoms with Gasteiger partial charge in [-0.25, -0.2) is 4.39 Å². The Balaban J connectivity index is 1.47. The Morgan fingerprint density at radius 3 is 2.56 bits per heavy atom. The zero-order valence-corrected chi connectivity index (χ0v) is 19.2. The van der Waals surface area contributed by atoms with Crippen LogP contribution in [-0.4, -0.2) is 40.7 Å². The van der Waals surface area contributed by atoms with Gasteiger partial charge < -0.3 is 14.9 Å². The van der Waals surface area contributed by atoms with Crippen LogP contribution in [0.25, 0.3) is 0 Å². The summed E-state index contributed by atoms with van der Waals surface area (Å²) in [6.07, 6.45) is 9.24. The molecular weight excluding hydrogens is 407 g/mol. The van der Waals surface area contributed by atoms with Crippen LogP contribution in [-0.2, 0) is 22.4 Å². The van der Waals surface area contributed by atoms with Crippen LogP contribution in [0.1, 0.15) is 57.1 Å². The van der Waals surface area contributed by atoms with E-state index in [0.717, 1.165) is 19.3 Å². The van der Waals surface area contributed by atoms with Gasteiger partial charge in [0.15, 0.2) is 0 Å². The number of aliphatic hydroxyl groups excluding tert-OH is 2. The molecule has 1 saturated carbocycles. The van der Waals surface area contributed by atoms with Gasteiger partial charge in [0, 0.05) is 18.8 Å². The van der Waals surface area contributed by atoms with E-state index in [4.69, 9.17) is 4.74 Å². The van der Waals surface area contributed by atoms with Gasteiger partial charge in [-0.2, -0.15) is 0 Å². The number of allylic oxidation sites excluding steroid dienone is 3. The minimum absolute atomic E-state index is 0.0944. The third-order valence-electron chi connectivity index (χ3n) is 6.66. The van der Waals surface area contributed by atoms with Crippen LogP contribution in [0.5, 0.6) is 0 Å². The quantitative estimate of drug-likeness (QED) is 0.311. The lowest BCUT2D eigenvalue weighted by Crippen LogP contribution is -2.21. The molecule has 4 nitrogen and oxygen atoms in total. The first-order valence-corrected chi connectivity index (χ1v) is 11.9. The zero-order valence-electron chi connectivity index (χ0n) is 19.2. The summed E-state index contributed by atoms with van der Waals surface area (Å²) in [7, 11) is 0. The second-order valence-electron chi connectivity index (χ2n) is 9.51. The molecule has 1 aromatic rings. The molecule has 2 N–H and O–H groups in total. The average molecular weight is 445 g/mol. The Labute approximate surface area is 191 Å². The predicted molar refractivity (Wildman–Crippen MR) is 124 cm³/mol. The Kier molecular flexibility index (Phi) is 9.06. The highest BCUT2D eigenvalue weighted by molar-refractivity contribution is 5.69. The van der Waals surface area contributed by atoms with Crippen molar-refractivity contribution in [2.45, 2.75) is 83.3 Å². The smallest absolute Gasteiger partial charge is 0.306 e. The highest BCUT2D eigenvalue weighted by Gasteiger charge is 2.40. The minimum atomic E-state index is -1.10. The van der Waals surface area contributed by atoms with Gasteiger partial charge in [0.25, 0.3) is 0 Å². The van der Waals surface area contributed by atoms with Crippen molar-refractivity contribution >= 4 is 5.97 Å². The molecule has 0 saturated heterocycles. The molecule has 1 aromatic carbocycles. The topological polar surface area (TPSA) is 66.8 Å². The van der Waals surface area contributed by atoms with Crippen molar-refractivity contribution in [2.24, 2.45) is 17.8 Å². The summed E-state index contributed by atoms with van der Waals surface area (Å²) in [5.74, 6) is -0.659. The number of unbranched alkanes of at least 4 members (excludes halogenated alkanes) is 1. The Bertz CT molecular complexity index is 778. The van der Waals surface area contributed by atoms with Crippen LogP contribution in [0.4, 0.5) is 4.39 Å². The fraction of sp³-hybridized carbons (Fsp3) is 0.593. The van der Waals surface area contributed by atoms with Crippen LogP contribution in [0.3, 0.4) is 0 Å². The molecule has 2 aliphatic rings. The first kappa shape index (κ1) is 24.7. The molecule has 0 spiro atoms. The van der Waals surface area contributed by atoms with E-state index in [-0.39, 0.29) is 30.3 Å². The van der Waals surface area contributed by atoms with E-state index >= 15 is 0 Å². The average Bonchev–Trinajstić information content (AvgIpc) is 3.29. The highest BCUT2D eigenvalue weighted by atomic mass is 19.1. The maximum Gasteiger partial charge on any atom is 0.306 e. The summed E-state index contributed by atoms with van der Waals surface area (Å²) in [5.41, 5.74) is 2.56. The highest BCUT2D eigenvalue weighted by Crippen LogP contribution is 2.38. The molecule has 2 aliphatic carbocycles. The van der Waals surface area contributed by atoms with Crippen LogP contribution in [0, 0.1) is 17.8 Å². The summed E-state index contributed by atoms with van der Waals surface area (Å²) in [5, 5.41) is 21.0. The number of hydrogen-bond acceptors (Lipinski definition) is 4.